The van der Waals surface area contributed by atoms with E-state index in [4.69, 9.17) is 0 Å². The molecule has 0 aliphatic heterocycles. The summed E-state index contributed by atoms with van der Waals surface area (Å²) in [5.41, 5.74) is 1.14. The van der Waals surface area contributed by atoms with Crippen LogP contribution in [0.2, 0.25) is 0 Å². The van der Waals surface area contributed by atoms with Crippen LogP contribution >= 0.6 is 0 Å². The second-order valence-corrected chi connectivity index (χ2v) is 1.89. The van der Waals surface area contributed by atoms with Crippen molar-refractivity contribution < 1.29 is 0 Å². The smallest absolute Gasteiger partial charge is 0.0843 e. The molecule has 2 rings (SSSR count). The van der Waals surface area contributed by atoms with E-state index in [1.807, 2.05) is 35.1 Å². The lowest BCUT2D eigenvalue weighted by molar-refractivity contribution is 1.06. The van der Waals surface area contributed by atoms with Crippen LogP contribution in [0.5, 0.6) is 0 Å². The van der Waals surface area contributed by atoms with Crippen LogP contribution in [0.3, 0.4) is 0 Å². The van der Waals surface area contributed by atoms with Gasteiger partial charge in [0.1, 0.15) is 0 Å². The van der Waals surface area contributed by atoms with Crippen molar-refractivity contribution in [2.24, 2.45) is 0 Å². The summed E-state index contributed by atoms with van der Waals surface area (Å²) in [5.74, 6) is 0. The van der Waals surface area contributed by atoms with Crippen LogP contribution in [0.4, 0.5) is 0 Å². The number of benzene rings is 1. The summed E-state index contributed by atoms with van der Waals surface area (Å²) in [4.78, 5) is 1.83. The Kier molecular flexibility index (Phi) is 0.773. The van der Waals surface area contributed by atoms with Crippen molar-refractivity contribution in [3.05, 3.63) is 30.3 Å². The predicted molar refractivity (Wildman–Crippen MR) is 34.5 cm³/mol. The number of hydrogen-bond acceptors (Lipinski definition) is 0. The number of hydrogen-bond donors (Lipinski definition) is 2. The fourth-order valence-electron chi connectivity index (χ4n) is 0.731. The first kappa shape index (κ1) is 4.49. The molecule has 0 atom stereocenters. The summed E-state index contributed by atoms with van der Waals surface area (Å²) in [6.07, 6.45) is 0. The van der Waals surface area contributed by atoms with Gasteiger partial charge in [-0.25, -0.2) is 10.4 Å². The van der Waals surface area contributed by atoms with Crippen LogP contribution in [-0.2, 0) is 0 Å². The Morgan fingerprint density at radius 1 is 1.00 bits per heavy atom. The number of rotatable bonds is 1. The number of aromatic amines is 2. The first-order valence-electron chi connectivity index (χ1n) is 2.83. The highest BCUT2D eigenvalue weighted by Crippen LogP contribution is 2.02. The maximum absolute atomic E-state index is 2.83. The van der Waals surface area contributed by atoms with E-state index in [0.717, 1.165) is 5.69 Å². The second-order valence-electron chi connectivity index (χ2n) is 1.89. The van der Waals surface area contributed by atoms with Crippen LogP contribution < -0.4 is 0 Å². The first-order valence-corrected chi connectivity index (χ1v) is 2.83. The van der Waals surface area contributed by atoms with Gasteiger partial charge in [-0.2, -0.15) is 4.80 Å². The molecule has 3 nitrogen and oxygen atoms in total. The Bertz CT molecular complexity index is 253. The van der Waals surface area contributed by atoms with Crippen molar-refractivity contribution in [2.45, 2.75) is 0 Å². The lowest BCUT2D eigenvalue weighted by atomic mass is 10.3. The zero-order valence-corrected chi connectivity index (χ0v) is 4.83. The summed E-state index contributed by atoms with van der Waals surface area (Å²) >= 11 is 0. The topological polar surface area (TPSA) is 36.5 Å². The Morgan fingerprint density at radius 2 is 1.67 bits per heavy atom. The Labute approximate surface area is 52.2 Å². The molecule has 0 bridgehead atoms. The molecule has 0 radical (unpaired) electrons. The average molecular weight is 121 g/mol. The van der Waals surface area contributed by atoms with Crippen LogP contribution in [0.15, 0.2) is 30.3 Å². The zero-order valence-electron chi connectivity index (χ0n) is 4.83. The minimum atomic E-state index is 1.14. The van der Waals surface area contributed by atoms with E-state index in [-0.39, 0.29) is 0 Å². The summed E-state index contributed by atoms with van der Waals surface area (Å²) in [5, 5.41) is 5.67. The van der Waals surface area contributed by atoms with Gasteiger partial charge in [-0.3, -0.25) is 0 Å². The van der Waals surface area contributed by atoms with Crippen molar-refractivity contribution in [1.82, 2.24) is 15.2 Å². The molecule has 0 unspecified atom stereocenters. The number of H-pyrrole nitrogens is 2. The van der Waals surface area contributed by atoms with E-state index in [0.29, 0.717) is 0 Å². The number of aromatic nitrogens is 3. The molecule has 3 heteroatoms. The Morgan fingerprint density at radius 3 is 2.22 bits per heavy atom. The van der Waals surface area contributed by atoms with E-state index >= 15 is 0 Å². The summed E-state index contributed by atoms with van der Waals surface area (Å²) in [6, 6.07) is 10.0. The molecule has 1 aromatic heterocycles. The molecule has 1 aromatic carbocycles. The maximum Gasteiger partial charge on any atom is 0.0843 e. The third kappa shape index (κ3) is 0.762. The molecular weight excluding hydrogens is 114 g/mol. The van der Waals surface area contributed by atoms with Crippen molar-refractivity contribution in [1.29, 1.82) is 0 Å². The molecule has 0 fully saturated rings. The normalized spacial score (nSPS) is 10.2. The average Bonchev–Trinajstić information content (AvgIpc) is 2.71. The van der Waals surface area contributed by atoms with E-state index in [1.54, 1.807) is 0 Å². The molecule has 1 heterocycles. The van der Waals surface area contributed by atoms with Crippen LogP contribution in [-0.4, -0.2) is 15.2 Å². The third-order valence-corrected chi connectivity index (χ3v) is 1.24. The first-order chi connectivity index (χ1) is 4.47. The zero-order chi connectivity index (χ0) is 6.10. The summed E-state index contributed by atoms with van der Waals surface area (Å²) < 4.78 is 0. The molecule has 2 N–H and O–H groups in total. The van der Waals surface area contributed by atoms with Gasteiger partial charge in [-0.15, -0.1) is 0 Å². The van der Waals surface area contributed by atoms with E-state index in [1.165, 1.54) is 0 Å². The quantitative estimate of drug-likeness (QED) is 0.567. The second kappa shape index (κ2) is 1.55. The molecule has 0 amide bonds. The van der Waals surface area contributed by atoms with Crippen molar-refractivity contribution in [2.75, 3.05) is 0 Å². The number of nitrogens with zero attached hydrogens (tertiary/aromatic N) is 1. The minimum Gasteiger partial charge on any atom is -0.205 e. The van der Waals surface area contributed by atoms with Crippen molar-refractivity contribution >= 4 is 0 Å². The van der Waals surface area contributed by atoms with Crippen LogP contribution in [0, 0.1) is 0 Å². The molecule has 0 saturated heterocycles. The fourth-order valence-corrected chi connectivity index (χ4v) is 0.731. The van der Waals surface area contributed by atoms with E-state index in [9.17, 15) is 0 Å². The van der Waals surface area contributed by atoms with Gasteiger partial charge < -0.3 is 0 Å². The molecule has 2 aromatic rings. The Balaban J connectivity index is 2.44. The van der Waals surface area contributed by atoms with Gasteiger partial charge in [-0.05, 0) is 12.1 Å². The van der Waals surface area contributed by atoms with Gasteiger partial charge in [0.2, 0.25) is 0 Å². The van der Waals surface area contributed by atoms with Gasteiger partial charge in [0, 0.05) is 0 Å². The lowest BCUT2D eigenvalue weighted by Crippen LogP contribution is -1.79. The van der Waals surface area contributed by atoms with Gasteiger partial charge in [0.05, 0.1) is 5.69 Å². The van der Waals surface area contributed by atoms with Crippen LogP contribution in [0.1, 0.15) is 0 Å². The maximum atomic E-state index is 2.83. The number of nitrogens with one attached hydrogen (secondary N) is 2. The monoisotopic (exact) mass is 121 g/mol. The molecule has 0 aliphatic rings. The highest BCUT2D eigenvalue weighted by atomic mass is 15.7. The molecule has 46 valence electrons. The molecule has 0 spiro atoms. The largest absolute Gasteiger partial charge is 0.205 e. The SMILES string of the molecule is c1ccc(-n2[nH][nH]2)cc1. The van der Waals surface area contributed by atoms with Gasteiger partial charge in [0.15, 0.2) is 0 Å². The Hall–Kier alpha value is -1.38. The molecule has 9 heavy (non-hydrogen) atoms. The molecule has 0 saturated carbocycles. The van der Waals surface area contributed by atoms with Gasteiger partial charge in [-0.1, -0.05) is 18.2 Å². The minimum absolute atomic E-state index is 1.14. The van der Waals surface area contributed by atoms with Crippen molar-refractivity contribution in [3.8, 4) is 5.69 Å². The molecular formula is C6H7N3. The standard InChI is InChI=1S/C6H7N3/c1-2-4-6(5-3-1)9-7-8-9/h1-5,7-8H. The lowest BCUT2D eigenvalue weighted by Gasteiger charge is -1.87. The van der Waals surface area contributed by atoms with E-state index < -0.39 is 0 Å². The van der Waals surface area contributed by atoms with Gasteiger partial charge in [0.25, 0.3) is 0 Å². The van der Waals surface area contributed by atoms with Gasteiger partial charge >= 0.3 is 0 Å². The van der Waals surface area contributed by atoms with E-state index in [2.05, 4.69) is 10.4 Å². The predicted octanol–water partition coefficient (Wildman–Crippen LogP) is 1.13. The van der Waals surface area contributed by atoms with Crippen molar-refractivity contribution in [3.63, 3.8) is 0 Å². The summed E-state index contributed by atoms with van der Waals surface area (Å²) in [7, 11) is 0. The molecule has 0 aliphatic carbocycles. The summed E-state index contributed by atoms with van der Waals surface area (Å²) in [6.45, 7) is 0. The number of para-hydroxylation sites is 1. The highest BCUT2D eigenvalue weighted by molar-refractivity contribution is 5.28. The fraction of sp³-hybridized carbons (Fsp3) is 0. The third-order valence-electron chi connectivity index (χ3n) is 1.24. The highest BCUT2D eigenvalue weighted by Gasteiger charge is 1.93. The van der Waals surface area contributed by atoms with Crippen LogP contribution in [0.25, 0.3) is 5.69 Å².